The number of hydrogen-bond donors (Lipinski definition) is 1. The Hall–Kier alpha value is -1.27. The van der Waals surface area contributed by atoms with Gasteiger partial charge in [0.25, 0.3) is 11.7 Å². The first-order valence-electron chi connectivity index (χ1n) is 5.41. The number of amides is 1. The molecule has 0 radical (unpaired) electrons. The number of Topliss-reactive ketones (excluding diaryl/α,β-unsaturated/α-hetero) is 1. The molecule has 0 aromatic heterocycles. The van der Waals surface area contributed by atoms with E-state index in [9.17, 15) is 14.0 Å². The summed E-state index contributed by atoms with van der Waals surface area (Å²) in [7, 11) is 0. The van der Waals surface area contributed by atoms with Crippen LogP contribution in [0.3, 0.4) is 0 Å². The number of fused-ring (bicyclic) bond motifs is 1. The van der Waals surface area contributed by atoms with E-state index in [1.165, 1.54) is 11.0 Å². The first-order chi connectivity index (χ1) is 8.45. The maximum atomic E-state index is 13.5. The van der Waals surface area contributed by atoms with Gasteiger partial charge in [0.2, 0.25) is 0 Å². The van der Waals surface area contributed by atoms with Crippen molar-refractivity contribution in [2.75, 3.05) is 18.1 Å². The maximum Gasteiger partial charge on any atom is 0.299 e. The van der Waals surface area contributed by atoms with E-state index in [4.69, 9.17) is 5.11 Å². The molecule has 0 aliphatic carbocycles. The molecule has 0 fully saturated rings. The summed E-state index contributed by atoms with van der Waals surface area (Å²) in [6.45, 7) is 1.83. The Balaban J connectivity index is 2.45. The lowest BCUT2D eigenvalue weighted by Crippen LogP contribution is -2.34. The van der Waals surface area contributed by atoms with E-state index < -0.39 is 17.5 Å². The molecular weight excluding hydrogens is 305 g/mol. The largest absolute Gasteiger partial charge is 0.396 e. The molecule has 0 spiro atoms. The van der Waals surface area contributed by atoms with Crippen LogP contribution in [0.15, 0.2) is 16.6 Å². The predicted molar refractivity (Wildman–Crippen MR) is 67.0 cm³/mol. The van der Waals surface area contributed by atoms with Crippen molar-refractivity contribution in [1.29, 1.82) is 0 Å². The molecule has 0 saturated heterocycles. The SMILES string of the molecule is CC(CO)CN1C(=O)C(=O)c2cc(Br)c(F)cc21. The zero-order valence-corrected chi connectivity index (χ0v) is 11.2. The third-order valence-electron chi connectivity index (χ3n) is 2.82. The summed E-state index contributed by atoms with van der Waals surface area (Å²) < 4.78 is 13.6. The lowest BCUT2D eigenvalue weighted by atomic mass is 10.1. The number of aliphatic hydroxyl groups excluding tert-OH is 1. The number of nitrogens with zero attached hydrogens (tertiary/aromatic N) is 1. The molecule has 96 valence electrons. The third kappa shape index (κ3) is 2.06. The highest BCUT2D eigenvalue weighted by Gasteiger charge is 2.37. The maximum absolute atomic E-state index is 13.5. The van der Waals surface area contributed by atoms with Gasteiger partial charge in [-0.15, -0.1) is 0 Å². The van der Waals surface area contributed by atoms with E-state index in [0.717, 1.165) is 6.07 Å². The second-order valence-corrected chi connectivity index (χ2v) is 5.17. The summed E-state index contributed by atoms with van der Waals surface area (Å²) in [5, 5.41) is 8.99. The standard InChI is InChI=1S/C12H11BrFNO3/c1-6(5-16)4-15-10-3-9(14)8(13)2-7(10)11(17)12(15)18/h2-3,6,16H,4-5H2,1H3. The van der Waals surface area contributed by atoms with Crippen LogP contribution in [0.5, 0.6) is 0 Å². The van der Waals surface area contributed by atoms with Crippen LogP contribution >= 0.6 is 15.9 Å². The third-order valence-corrected chi connectivity index (χ3v) is 3.43. The van der Waals surface area contributed by atoms with Gasteiger partial charge in [-0.3, -0.25) is 9.59 Å². The molecule has 0 bridgehead atoms. The van der Waals surface area contributed by atoms with E-state index in [-0.39, 0.29) is 34.8 Å². The molecular formula is C12H11BrFNO3. The first-order valence-corrected chi connectivity index (χ1v) is 6.21. The van der Waals surface area contributed by atoms with Gasteiger partial charge in [0.05, 0.1) is 15.7 Å². The van der Waals surface area contributed by atoms with Crippen LogP contribution in [0.25, 0.3) is 0 Å². The van der Waals surface area contributed by atoms with Crippen molar-refractivity contribution in [1.82, 2.24) is 0 Å². The fourth-order valence-electron chi connectivity index (χ4n) is 1.84. The topological polar surface area (TPSA) is 57.6 Å². The number of carbonyl (C=O) groups excluding carboxylic acids is 2. The molecule has 4 nitrogen and oxygen atoms in total. The average molecular weight is 316 g/mol. The summed E-state index contributed by atoms with van der Waals surface area (Å²) in [6, 6.07) is 2.47. The fraction of sp³-hybridized carbons (Fsp3) is 0.333. The minimum atomic E-state index is -0.678. The van der Waals surface area contributed by atoms with Crippen LogP contribution in [0.4, 0.5) is 10.1 Å². The van der Waals surface area contributed by atoms with E-state index in [0.29, 0.717) is 0 Å². The molecule has 1 N–H and O–H groups in total. The van der Waals surface area contributed by atoms with E-state index >= 15 is 0 Å². The Morgan fingerprint density at radius 1 is 1.44 bits per heavy atom. The van der Waals surface area contributed by atoms with Crippen molar-refractivity contribution in [3.05, 3.63) is 28.0 Å². The minimum absolute atomic E-state index is 0.105. The van der Waals surface area contributed by atoms with E-state index in [1.807, 2.05) is 0 Å². The Labute approximate surface area is 112 Å². The lowest BCUT2D eigenvalue weighted by molar-refractivity contribution is -0.114. The van der Waals surface area contributed by atoms with Crippen LogP contribution < -0.4 is 4.90 Å². The molecule has 1 aliphatic rings. The minimum Gasteiger partial charge on any atom is -0.396 e. The van der Waals surface area contributed by atoms with Crippen molar-refractivity contribution >= 4 is 33.3 Å². The zero-order valence-electron chi connectivity index (χ0n) is 9.61. The summed E-state index contributed by atoms with van der Waals surface area (Å²) in [6.07, 6.45) is 0. The van der Waals surface area contributed by atoms with Crippen LogP contribution in [-0.2, 0) is 4.79 Å². The molecule has 1 heterocycles. The molecule has 1 amide bonds. The Kier molecular flexibility index (Phi) is 3.49. The highest BCUT2D eigenvalue weighted by molar-refractivity contribution is 9.10. The van der Waals surface area contributed by atoms with Crippen molar-refractivity contribution < 1.29 is 19.1 Å². The Bertz CT molecular complexity index is 532. The van der Waals surface area contributed by atoms with Gasteiger partial charge in [0.15, 0.2) is 0 Å². The quantitative estimate of drug-likeness (QED) is 0.864. The van der Waals surface area contributed by atoms with E-state index in [1.54, 1.807) is 6.92 Å². The number of ketones is 1. The zero-order chi connectivity index (χ0) is 13.4. The number of aliphatic hydroxyl groups is 1. The normalized spacial score (nSPS) is 16.1. The number of carbonyl (C=O) groups is 2. The smallest absolute Gasteiger partial charge is 0.299 e. The molecule has 2 rings (SSSR count). The van der Waals surface area contributed by atoms with Crippen LogP contribution in [0, 0.1) is 11.7 Å². The molecule has 1 unspecified atom stereocenters. The van der Waals surface area contributed by atoms with Crippen LogP contribution in [-0.4, -0.2) is 29.9 Å². The van der Waals surface area contributed by atoms with Crippen LogP contribution in [0.2, 0.25) is 0 Å². The van der Waals surface area contributed by atoms with Gasteiger partial charge in [-0.1, -0.05) is 6.92 Å². The number of halogens is 2. The highest BCUT2D eigenvalue weighted by Crippen LogP contribution is 2.33. The van der Waals surface area contributed by atoms with E-state index in [2.05, 4.69) is 15.9 Å². The van der Waals surface area contributed by atoms with Gasteiger partial charge < -0.3 is 10.0 Å². The first kappa shape index (κ1) is 13.2. The highest BCUT2D eigenvalue weighted by atomic mass is 79.9. The fourth-order valence-corrected chi connectivity index (χ4v) is 2.18. The summed E-state index contributed by atoms with van der Waals surface area (Å²) in [5.41, 5.74) is 0.462. The molecule has 1 atom stereocenters. The van der Waals surface area contributed by atoms with Crippen molar-refractivity contribution in [3.8, 4) is 0 Å². The molecule has 18 heavy (non-hydrogen) atoms. The molecule has 1 aromatic rings. The van der Waals surface area contributed by atoms with Crippen LogP contribution in [0.1, 0.15) is 17.3 Å². The summed E-state index contributed by atoms with van der Waals surface area (Å²) in [5.74, 6) is -2.03. The molecule has 1 aliphatic heterocycles. The van der Waals surface area contributed by atoms with Crippen molar-refractivity contribution in [3.63, 3.8) is 0 Å². The number of hydrogen-bond acceptors (Lipinski definition) is 3. The number of rotatable bonds is 3. The van der Waals surface area contributed by atoms with Gasteiger partial charge in [-0.25, -0.2) is 4.39 Å². The van der Waals surface area contributed by atoms with Gasteiger partial charge >= 0.3 is 0 Å². The summed E-state index contributed by atoms with van der Waals surface area (Å²) in [4.78, 5) is 24.8. The monoisotopic (exact) mass is 315 g/mol. The second kappa shape index (κ2) is 4.78. The molecule has 1 aromatic carbocycles. The number of anilines is 1. The Morgan fingerprint density at radius 2 is 2.11 bits per heavy atom. The van der Waals surface area contributed by atoms with Gasteiger partial charge in [0.1, 0.15) is 5.82 Å². The lowest BCUT2D eigenvalue weighted by Gasteiger charge is -2.19. The second-order valence-electron chi connectivity index (χ2n) is 4.32. The average Bonchev–Trinajstić information content (AvgIpc) is 2.56. The molecule has 6 heteroatoms. The van der Waals surface area contributed by atoms with Gasteiger partial charge in [0, 0.05) is 13.2 Å². The van der Waals surface area contributed by atoms with Gasteiger partial charge in [-0.05, 0) is 34.0 Å². The van der Waals surface area contributed by atoms with Gasteiger partial charge in [-0.2, -0.15) is 0 Å². The van der Waals surface area contributed by atoms with Crippen molar-refractivity contribution in [2.45, 2.75) is 6.92 Å². The predicted octanol–water partition coefficient (Wildman–Crippen LogP) is 1.75. The molecule has 0 saturated carbocycles. The summed E-state index contributed by atoms with van der Waals surface area (Å²) >= 11 is 2.98. The van der Waals surface area contributed by atoms with Crippen molar-refractivity contribution in [2.24, 2.45) is 5.92 Å². The number of benzene rings is 1. The Morgan fingerprint density at radius 3 is 2.72 bits per heavy atom.